The number of aryl methyl sites for hydroxylation is 1. The van der Waals surface area contributed by atoms with E-state index in [9.17, 15) is 4.39 Å². The van der Waals surface area contributed by atoms with Gasteiger partial charge in [-0.3, -0.25) is 0 Å². The Hall–Kier alpha value is -0.890. The molecule has 4 atom stereocenters. The molecule has 98 valence electrons. The highest BCUT2D eigenvalue weighted by Gasteiger charge is 2.43. The molecule has 1 nitrogen and oxygen atoms in total. The standard InChI is InChI=1S/C16H22FN/c1-10-7-13(5-6-15(10)17)16(18-2)14-9-11-3-4-12(14)8-11/h5-7,11-12,14,16,18H,3-4,8-9H2,1-2H3. The summed E-state index contributed by atoms with van der Waals surface area (Å²) >= 11 is 0. The van der Waals surface area contributed by atoms with Gasteiger partial charge in [0.1, 0.15) is 5.82 Å². The number of fused-ring (bicyclic) bond motifs is 2. The summed E-state index contributed by atoms with van der Waals surface area (Å²) < 4.78 is 13.4. The highest BCUT2D eigenvalue weighted by molar-refractivity contribution is 5.27. The topological polar surface area (TPSA) is 12.0 Å². The highest BCUT2D eigenvalue weighted by atomic mass is 19.1. The molecule has 2 bridgehead atoms. The van der Waals surface area contributed by atoms with Gasteiger partial charge < -0.3 is 5.32 Å². The first kappa shape index (κ1) is 12.2. The van der Waals surface area contributed by atoms with Crippen molar-refractivity contribution in [3.8, 4) is 0 Å². The van der Waals surface area contributed by atoms with Crippen molar-refractivity contribution in [1.29, 1.82) is 0 Å². The van der Waals surface area contributed by atoms with Crippen LogP contribution in [-0.4, -0.2) is 7.05 Å². The van der Waals surface area contributed by atoms with Crippen molar-refractivity contribution >= 4 is 0 Å². The monoisotopic (exact) mass is 247 g/mol. The number of rotatable bonds is 3. The fourth-order valence-corrected chi connectivity index (χ4v) is 4.19. The van der Waals surface area contributed by atoms with Crippen LogP contribution in [0.1, 0.15) is 42.9 Å². The lowest BCUT2D eigenvalue weighted by molar-refractivity contribution is 0.259. The molecule has 0 aromatic heterocycles. The average Bonchev–Trinajstić information content (AvgIpc) is 2.97. The van der Waals surface area contributed by atoms with E-state index in [2.05, 4.69) is 5.32 Å². The number of halogens is 1. The van der Waals surface area contributed by atoms with Gasteiger partial charge in [0.15, 0.2) is 0 Å². The van der Waals surface area contributed by atoms with Crippen LogP contribution >= 0.6 is 0 Å². The number of hydrogen-bond acceptors (Lipinski definition) is 1. The van der Waals surface area contributed by atoms with E-state index >= 15 is 0 Å². The molecule has 2 heteroatoms. The predicted molar refractivity (Wildman–Crippen MR) is 71.9 cm³/mol. The third-order valence-corrected chi connectivity index (χ3v) is 5.07. The zero-order valence-electron chi connectivity index (χ0n) is 11.2. The lowest BCUT2D eigenvalue weighted by Gasteiger charge is -2.31. The van der Waals surface area contributed by atoms with Crippen molar-refractivity contribution in [2.45, 2.75) is 38.6 Å². The number of hydrogen-bond donors (Lipinski definition) is 1. The largest absolute Gasteiger partial charge is 0.313 e. The van der Waals surface area contributed by atoms with Gasteiger partial charge in [-0.25, -0.2) is 4.39 Å². The van der Waals surface area contributed by atoms with E-state index < -0.39 is 0 Å². The van der Waals surface area contributed by atoms with Gasteiger partial charge in [-0.1, -0.05) is 18.6 Å². The van der Waals surface area contributed by atoms with Crippen LogP contribution in [0, 0.1) is 30.5 Å². The molecule has 2 fully saturated rings. The van der Waals surface area contributed by atoms with E-state index in [0.29, 0.717) is 6.04 Å². The van der Waals surface area contributed by atoms with Crippen LogP contribution in [0.3, 0.4) is 0 Å². The number of benzene rings is 1. The molecular weight excluding hydrogens is 225 g/mol. The Kier molecular flexibility index (Phi) is 3.14. The molecule has 18 heavy (non-hydrogen) atoms. The summed E-state index contributed by atoms with van der Waals surface area (Å²) in [4.78, 5) is 0. The maximum absolute atomic E-state index is 13.4. The minimum atomic E-state index is -0.0958. The first-order valence-electron chi connectivity index (χ1n) is 7.12. The van der Waals surface area contributed by atoms with Gasteiger partial charge in [-0.2, -0.15) is 0 Å². The Morgan fingerprint density at radius 2 is 2.11 bits per heavy atom. The Bertz CT molecular complexity index is 443. The molecule has 4 unspecified atom stereocenters. The number of nitrogens with one attached hydrogen (secondary N) is 1. The molecular formula is C16H22FN. The third kappa shape index (κ3) is 1.97. The quantitative estimate of drug-likeness (QED) is 0.856. The normalized spacial score (nSPS) is 31.8. The van der Waals surface area contributed by atoms with Crippen LogP contribution in [0.5, 0.6) is 0 Å². The van der Waals surface area contributed by atoms with Gasteiger partial charge in [0.25, 0.3) is 0 Å². The van der Waals surface area contributed by atoms with E-state index in [0.717, 1.165) is 23.3 Å². The average molecular weight is 247 g/mol. The summed E-state index contributed by atoms with van der Waals surface area (Å²) in [5.74, 6) is 2.50. The molecule has 0 spiro atoms. The molecule has 0 saturated heterocycles. The van der Waals surface area contributed by atoms with E-state index in [1.807, 2.05) is 26.1 Å². The van der Waals surface area contributed by atoms with E-state index in [1.165, 1.54) is 31.2 Å². The molecule has 0 heterocycles. The zero-order valence-corrected chi connectivity index (χ0v) is 11.2. The third-order valence-electron chi connectivity index (χ3n) is 5.07. The van der Waals surface area contributed by atoms with Crippen molar-refractivity contribution in [2.75, 3.05) is 7.05 Å². The minimum Gasteiger partial charge on any atom is -0.313 e. The molecule has 0 aliphatic heterocycles. The van der Waals surface area contributed by atoms with E-state index in [4.69, 9.17) is 0 Å². The Labute approximate surface area is 109 Å². The van der Waals surface area contributed by atoms with Crippen LogP contribution in [0.25, 0.3) is 0 Å². The second-order valence-corrected chi connectivity index (χ2v) is 6.11. The summed E-state index contributed by atoms with van der Waals surface area (Å²) in [6.07, 6.45) is 5.60. The Morgan fingerprint density at radius 3 is 2.67 bits per heavy atom. The summed E-state index contributed by atoms with van der Waals surface area (Å²) in [5, 5.41) is 3.47. The smallest absolute Gasteiger partial charge is 0.126 e. The van der Waals surface area contributed by atoms with Gasteiger partial charge in [-0.15, -0.1) is 0 Å². The predicted octanol–water partition coefficient (Wildman–Crippen LogP) is 3.83. The zero-order chi connectivity index (χ0) is 12.7. The fourth-order valence-electron chi connectivity index (χ4n) is 4.19. The van der Waals surface area contributed by atoms with Crippen LogP contribution < -0.4 is 5.32 Å². The molecule has 2 aliphatic rings. The Balaban J connectivity index is 1.85. The van der Waals surface area contributed by atoms with E-state index in [1.54, 1.807) is 6.07 Å². The molecule has 2 aliphatic carbocycles. The summed E-state index contributed by atoms with van der Waals surface area (Å²) in [6, 6.07) is 5.99. The van der Waals surface area contributed by atoms with Crippen molar-refractivity contribution in [3.63, 3.8) is 0 Å². The SMILES string of the molecule is CNC(c1ccc(F)c(C)c1)C1CC2CCC1C2. The molecule has 1 aromatic rings. The second-order valence-electron chi connectivity index (χ2n) is 6.11. The lowest BCUT2D eigenvalue weighted by atomic mass is 9.80. The molecule has 1 aromatic carbocycles. The van der Waals surface area contributed by atoms with Crippen molar-refractivity contribution < 1.29 is 4.39 Å². The maximum Gasteiger partial charge on any atom is 0.126 e. The summed E-state index contributed by atoms with van der Waals surface area (Å²) in [6.45, 7) is 1.85. The van der Waals surface area contributed by atoms with Gasteiger partial charge >= 0.3 is 0 Å². The molecule has 1 N–H and O–H groups in total. The van der Waals surface area contributed by atoms with Crippen molar-refractivity contribution in [1.82, 2.24) is 5.32 Å². The first-order valence-corrected chi connectivity index (χ1v) is 7.12. The van der Waals surface area contributed by atoms with Gasteiger partial charge in [0.2, 0.25) is 0 Å². The minimum absolute atomic E-state index is 0.0958. The fraction of sp³-hybridized carbons (Fsp3) is 0.625. The van der Waals surface area contributed by atoms with Crippen molar-refractivity contribution in [3.05, 3.63) is 35.1 Å². The van der Waals surface area contributed by atoms with Crippen LogP contribution in [0.15, 0.2) is 18.2 Å². The van der Waals surface area contributed by atoms with Gasteiger partial charge in [0.05, 0.1) is 0 Å². The molecule has 2 saturated carbocycles. The first-order chi connectivity index (χ1) is 8.69. The highest BCUT2D eigenvalue weighted by Crippen LogP contribution is 2.52. The maximum atomic E-state index is 13.4. The summed E-state index contributed by atoms with van der Waals surface area (Å²) in [7, 11) is 2.04. The molecule has 3 rings (SSSR count). The second kappa shape index (κ2) is 4.65. The van der Waals surface area contributed by atoms with Gasteiger partial charge in [-0.05, 0) is 68.2 Å². The van der Waals surface area contributed by atoms with Crippen LogP contribution in [0.4, 0.5) is 4.39 Å². The lowest BCUT2D eigenvalue weighted by Crippen LogP contribution is -2.29. The molecule has 0 radical (unpaired) electrons. The van der Waals surface area contributed by atoms with E-state index in [-0.39, 0.29) is 5.82 Å². The van der Waals surface area contributed by atoms with Gasteiger partial charge in [0, 0.05) is 6.04 Å². The Morgan fingerprint density at radius 1 is 1.28 bits per heavy atom. The van der Waals surface area contributed by atoms with Crippen molar-refractivity contribution in [2.24, 2.45) is 17.8 Å². The van der Waals surface area contributed by atoms with Crippen LogP contribution in [-0.2, 0) is 0 Å². The summed E-state index contributed by atoms with van der Waals surface area (Å²) in [5.41, 5.74) is 2.02. The molecule has 0 amide bonds. The van der Waals surface area contributed by atoms with Crippen LogP contribution in [0.2, 0.25) is 0 Å².